The van der Waals surface area contributed by atoms with E-state index in [0.717, 1.165) is 6.42 Å². The number of aliphatic hydroxyl groups excluding tert-OH is 1. The minimum Gasteiger partial charge on any atom is -0.389 e. The number of imidazole rings is 1. The third-order valence-corrected chi connectivity index (χ3v) is 2.52. The standard InChI is InChI=1S/C10H19N2O/c1-4-9(2)10(13)7-12-6-5-11(3)8-12/h5-6,8-10,13H,4,7H2,1-3H3/q+1/t9-,10+/m0/s1. The molecule has 0 aliphatic heterocycles. The predicted octanol–water partition coefficient (Wildman–Crippen LogP) is 0.720. The Morgan fingerprint density at radius 1 is 1.54 bits per heavy atom. The molecule has 2 atom stereocenters. The number of hydrogen-bond acceptors (Lipinski definition) is 1. The van der Waals surface area contributed by atoms with E-state index in [0.29, 0.717) is 12.5 Å². The molecule has 1 rings (SSSR count). The molecule has 0 fully saturated rings. The molecule has 0 aliphatic rings. The van der Waals surface area contributed by atoms with Crippen molar-refractivity contribution >= 4 is 0 Å². The van der Waals surface area contributed by atoms with Crippen LogP contribution in [0.1, 0.15) is 20.3 Å². The van der Waals surface area contributed by atoms with E-state index in [1.807, 2.05) is 34.9 Å². The van der Waals surface area contributed by atoms with Crippen LogP contribution in [0.25, 0.3) is 0 Å². The summed E-state index contributed by atoms with van der Waals surface area (Å²) >= 11 is 0. The maximum atomic E-state index is 9.75. The summed E-state index contributed by atoms with van der Waals surface area (Å²) in [5, 5.41) is 9.75. The van der Waals surface area contributed by atoms with Gasteiger partial charge < -0.3 is 5.11 Å². The van der Waals surface area contributed by atoms with Gasteiger partial charge in [0.25, 0.3) is 0 Å². The summed E-state index contributed by atoms with van der Waals surface area (Å²) in [4.78, 5) is 0. The lowest BCUT2D eigenvalue weighted by Crippen LogP contribution is -2.26. The number of aryl methyl sites for hydroxylation is 1. The molecule has 0 radical (unpaired) electrons. The topological polar surface area (TPSA) is 29.0 Å². The Balaban J connectivity index is 2.49. The van der Waals surface area contributed by atoms with Gasteiger partial charge in [-0.25, -0.2) is 9.13 Å². The third kappa shape index (κ3) is 2.84. The summed E-state index contributed by atoms with van der Waals surface area (Å²) < 4.78 is 3.99. The van der Waals surface area contributed by atoms with Crippen molar-refractivity contribution < 1.29 is 9.67 Å². The summed E-state index contributed by atoms with van der Waals surface area (Å²) in [5.41, 5.74) is 0. The molecule has 3 nitrogen and oxygen atoms in total. The van der Waals surface area contributed by atoms with Crippen LogP contribution in [-0.4, -0.2) is 15.8 Å². The predicted molar refractivity (Wildman–Crippen MR) is 51.1 cm³/mol. The molecule has 74 valence electrons. The van der Waals surface area contributed by atoms with Crippen molar-refractivity contribution in [1.29, 1.82) is 0 Å². The van der Waals surface area contributed by atoms with E-state index in [-0.39, 0.29) is 6.10 Å². The first-order valence-electron chi connectivity index (χ1n) is 4.82. The monoisotopic (exact) mass is 183 g/mol. The van der Waals surface area contributed by atoms with Gasteiger partial charge in [-0.2, -0.15) is 0 Å². The summed E-state index contributed by atoms with van der Waals surface area (Å²) in [5.74, 6) is 0.368. The number of aromatic nitrogens is 2. The van der Waals surface area contributed by atoms with E-state index >= 15 is 0 Å². The van der Waals surface area contributed by atoms with E-state index in [9.17, 15) is 5.11 Å². The van der Waals surface area contributed by atoms with Crippen LogP contribution in [0.4, 0.5) is 0 Å². The molecule has 0 saturated carbocycles. The fourth-order valence-electron chi connectivity index (χ4n) is 1.28. The van der Waals surface area contributed by atoms with E-state index in [2.05, 4.69) is 13.8 Å². The Morgan fingerprint density at radius 2 is 2.23 bits per heavy atom. The van der Waals surface area contributed by atoms with Crippen LogP contribution in [0, 0.1) is 5.92 Å². The first-order chi connectivity index (χ1) is 6.13. The van der Waals surface area contributed by atoms with Crippen molar-refractivity contribution in [2.75, 3.05) is 0 Å². The smallest absolute Gasteiger partial charge is 0.243 e. The highest BCUT2D eigenvalue weighted by molar-refractivity contribution is 4.71. The summed E-state index contributed by atoms with van der Waals surface area (Å²) in [6.45, 7) is 4.87. The van der Waals surface area contributed by atoms with E-state index in [1.165, 1.54) is 0 Å². The van der Waals surface area contributed by atoms with Gasteiger partial charge in [-0.15, -0.1) is 0 Å². The molecule has 1 N–H and O–H groups in total. The Bertz CT molecular complexity index is 257. The van der Waals surface area contributed by atoms with Crippen LogP contribution in [-0.2, 0) is 13.6 Å². The minimum atomic E-state index is -0.239. The van der Waals surface area contributed by atoms with Crippen molar-refractivity contribution in [2.24, 2.45) is 13.0 Å². The third-order valence-electron chi connectivity index (χ3n) is 2.52. The molecule has 0 aliphatic carbocycles. The zero-order valence-electron chi connectivity index (χ0n) is 8.64. The minimum absolute atomic E-state index is 0.239. The average molecular weight is 183 g/mol. The van der Waals surface area contributed by atoms with Gasteiger partial charge in [0.05, 0.1) is 13.2 Å². The second kappa shape index (κ2) is 4.42. The highest BCUT2D eigenvalue weighted by atomic mass is 16.3. The lowest BCUT2D eigenvalue weighted by atomic mass is 10.0. The molecule has 0 saturated heterocycles. The summed E-state index contributed by atoms with van der Waals surface area (Å²) in [7, 11) is 1.98. The first kappa shape index (κ1) is 10.3. The van der Waals surface area contributed by atoms with Crippen LogP contribution in [0.3, 0.4) is 0 Å². The quantitative estimate of drug-likeness (QED) is 0.685. The average Bonchev–Trinajstić information content (AvgIpc) is 2.49. The fourth-order valence-corrected chi connectivity index (χ4v) is 1.28. The molecular formula is C10H19N2O+. The molecule has 0 bridgehead atoms. The van der Waals surface area contributed by atoms with Gasteiger partial charge in [-0.05, 0) is 5.92 Å². The van der Waals surface area contributed by atoms with E-state index in [4.69, 9.17) is 0 Å². The van der Waals surface area contributed by atoms with Crippen molar-refractivity contribution in [1.82, 2.24) is 4.57 Å². The largest absolute Gasteiger partial charge is 0.389 e. The fraction of sp³-hybridized carbons (Fsp3) is 0.700. The highest BCUT2D eigenvalue weighted by Crippen LogP contribution is 2.08. The summed E-state index contributed by atoms with van der Waals surface area (Å²) in [6, 6.07) is 0. The lowest BCUT2D eigenvalue weighted by Gasteiger charge is -2.14. The summed E-state index contributed by atoms with van der Waals surface area (Å²) in [6.07, 6.45) is 6.71. The van der Waals surface area contributed by atoms with Crippen molar-refractivity contribution in [3.05, 3.63) is 18.7 Å². The molecule has 1 aromatic rings. The molecule has 13 heavy (non-hydrogen) atoms. The molecule has 3 heteroatoms. The Kier molecular flexibility index (Phi) is 3.48. The normalized spacial score (nSPS) is 15.7. The zero-order valence-corrected chi connectivity index (χ0v) is 8.64. The molecular weight excluding hydrogens is 164 g/mol. The number of rotatable bonds is 4. The first-order valence-corrected chi connectivity index (χ1v) is 4.82. The highest BCUT2D eigenvalue weighted by Gasteiger charge is 2.15. The molecule has 1 heterocycles. The van der Waals surface area contributed by atoms with Crippen LogP contribution >= 0.6 is 0 Å². The van der Waals surface area contributed by atoms with Gasteiger partial charge in [0.2, 0.25) is 6.33 Å². The molecule has 1 aromatic heterocycles. The SMILES string of the molecule is CC[C@H](C)[C@H](O)Cn1cc[n+](C)c1. The Hall–Kier alpha value is -0.830. The van der Waals surface area contributed by atoms with Crippen molar-refractivity contribution in [3.63, 3.8) is 0 Å². The number of hydrogen-bond donors (Lipinski definition) is 1. The van der Waals surface area contributed by atoms with Crippen LogP contribution in [0.2, 0.25) is 0 Å². The van der Waals surface area contributed by atoms with Gasteiger partial charge in [0.1, 0.15) is 18.9 Å². The van der Waals surface area contributed by atoms with Crippen molar-refractivity contribution in [3.8, 4) is 0 Å². The van der Waals surface area contributed by atoms with Gasteiger partial charge in [0, 0.05) is 0 Å². The van der Waals surface area contributed by atoms with Crippen LogP contribution in [0.15, 0.2) is 18.7 Å². The van der Waals surface area contributed by atoms with Gasteiger partial charge in [0.15, 0.2) is 0 Å². The lowest BCUT2D eigenvalue weighted by molar-refractivity contribution is -0.671. The second-order valence-electron chi connectivity index (χ2n) is 3.73. The zero-order chi connectivity index (χ0) is 9.84. The van der Waals surface area contributed by atoms with Crippen LogP contribution in [0.5, 0.6) is 0 Å². The maximum absolute atomic E-state index is 9.75. The van der Waals surface area contributed by atoms with Gasteiger partial charge in [-0.3, -0.25) is 0 Å². The van der Waals surface area contributed by atoms with Crippen molar-refractivity contribution in [2.45, 2.75) is 32.9 Å². The Morgan fingerprint density at radius 3 is 2.69 bits per heavy atom. The van der Waals surface area contributed by atoms with Crippen LogP contribution < -0.4 is 4.57 Å². The molecule has 0 spiro atoms. The maximum Gasteiger partial charge on any atom is 0.243 e. The molecule has 0 aromatic carbocycles. The van der Waals surface area contributed by atoms with Gasteiger partial charge >= 0.3 is 0 Å². The number of aliphatic hydroxyl groups is 1. The number of nitrogens with zero attached hydrogens (tertiary/aromatic N) is 2. The van der Waals surface area contributed by atoms with Gasteiger partial charge in [-0.1, -0.05) is 20.3 Å². The second-order valence-corrected chi connectivity index (χ2v) is 3.73. The Labute approximate surface area is 79.6 Å². The molecule has 0 unspecified atom stereocenters. The van der Waals surface area contributed by atoms with E-state index in [1.54, 1.807) is 0 Å². The van der Waals surface area contributed by atoms with E-state index < -0.39 is 0 Å². The molecule has 0 amide bonds.